The first-order valence-electron chi connectivity index (χ1n) is 8.96. The van der Waals surface area contributed by atoms with Crippen LogP contribution in [-0.4, -0.2) is 40.1 Å². The van der Waals surface area contributed by atoms with E-state index < -0.39 is 28.0 Å². The fraction of sp³-hybridized carbons (Fsp3) is 0.300. The summed E-state index contributed by atoms with van der Waals surface area (Å²) in [5.74, 6) is -0.405. The van der Waals surface area contributed by atoms with Crippen molar-refractivity contribution >= 4 is 21.9 Å². The molecule has 0 radical (unpaired) electrons. The summed E-state index contributed by atoms with van der Waals surface area (Å²) < 4.78 is 36.6. The molecule has 8 nitrogen and oxygen atoms in total. The van der Waals surface area contributed by atoms with Crippen LogP contribution in [0.1, 0.15) is 18.9 Å². The predicted octanol–water partition coefficient (Wildman–Crippen LogP) is 1.61. The molecule has 2 N–H and O–H groups in total. The second-order valence-corrected chi connectivity index (χ2v) is 7.93. The Morgan fingerprint density at radius 3 is 2.31 bits per heavy atom. The van der Waals surface area contributed by atoms with Gasteiger partial charge in [-0.1, -0.05) is 30.3 Å². The maximum Gasteiger partial charge on any atom is 0.307 e. The molecule has 1 amide bonds. The molecule has 0 bridgehead atoms. The fourth-order valence-corrected chi connectivity index (χ4v) is 3.41. The van der Waals surface area contributed by atoms with Gasteiger partial charge in [-0.2, -0.15) is 0 Å². The second-order valence-electron chi connectivity index (χ2n) is 6.16. The van der Waals surface area contributed by atoms with Crippen molar-refractivity contribution in [1.29, 1.82) is 0 Å². The van der Waals surface area contributed by atoms with Crippen molar-refractivity contribution in [3.63, 3.8) is 0 Å². The molecule has 9 heteroatoms. The molecule has 2 aromatic rings. The van der Waals surface area contributed by atoms with E-state index in [1.807, 2.05) is 12.1 Å². The van der Waals surface area contributed by atoms with Gasteiger partial charge in [0.1, 0.15) is 5.75 Å². The monoisotopic (exact) mass is 420 g/mol. The van der Waals surface area contributed by atoms with Gasteiger partial charge in [-0.05, 0) is 36.8 Å². The third kappa shape index (κ3) is 7.20. The van der Waals surface area contributed by atoms with Gasteiger partial charge >= 0.3 is 5.97 Å². The third-order valence-electron chi connectivity index (χ3n) is 3.98. The van der Waals surface area contributed by atoms with Crippen molar-refractivity contribution in [3.05, 3.63) is 60.2 Å². The number of ether oxygens (including phenoxy) is 2. The van der Waals surface area contributed by atoms with E-state index in [1.54, 1.807) is 37.4 Å². The Balaban J connectivity index is 1.72. The molecule has 0 aromatic heterocycles. The largest absolute Gasteiger partial charge is 0.497 e. The Hall–Kier alpha value is -2.91. The molecule has 156 valence electrons. The minimum Gasteiger partial charge on any atom is -0.497 e. The lowest BCUT2D eigenvalue weighted by atomic mass is 10.2. The van der Waals surface area contributed by atoms with Gasteiger partial charge < -0.3 is 14.8 Å². The number of hydrogen-bond acceptors (Lipinski definition) is 6. The Kier molecular flexibility index (Phi) is 8.17. The van der Waals surface area contributed by atoms with Crippen molar-refractivity contribution in [1.82, 2.24) is 10.0 Å². The zero-order valence-electron chi connectivity index (χ0n) is 16.3. The SMILES string of the molecule is COc1ccc(CNC(=O)[C@H](C)OC(=O)CCNS(=O)(=O)c2ccccc2)cc1. The smallest absolute Gasteiger partial charge is 0.307 e. The van der Waals surface area contributed by atoms with Crippen LogP contribution in [0.15, 0.2) is 59.5 Å². The summed E-state index contributed by atoms with van der Waals surface area (Å²) in [5, 5.41) is 2.67. The highest BCUT2D eigenvalue weighted by Gasteiger charge is 2.18. The number of rotatable bonds is 10. The molecule has 0 saturated heterocycles. The fourth-order valence-electron chi connectivity index (χ4n) is 2.36. The number of carbonyl (C=O) groups is 2. The average molecular weight is 420 g/mol. The van der Waals surface area contributed by atoms with E-state index in [4.69, 9.17) is 9.47 Å². The molecule has 0 heterocycles. The van der Waals surface area contributed by atoms with Crippen LogP contribution in [0.25, 0.3) is 0 Å². The normalized spacial score (nSPS) is 12.1. The maximum absolute atomic E-state index is 12.1. The summed E-state index contributed by atoms with van der Waals surface area (Å²) in [6.45, 7) is 1.60. The first kappa shape index (κ1) is 22.4. The number of sulfonamides is 1. The van der Waals surface area contributed by atoms with Gasteiger partial charge in [0.25, 0.3) is 5.91 Å². The zero-order chi connectivity index (χ0) is 21.3. The Bertz CT molecular complexity index is 914. The Morgan fingerprint density at radius 1 is 1.03 bits per heavy atom. The number of nitrogens with one attached hydrogen (secondary N) is 2. The van der Waals surface area contributed by atoms with E-state index in [1.165, 1.54) is 19.1 Å². The summed E-state index contributed by atoms with van der Waals surface area (Å²) in [6.07, 6.45) is -1.19. The highest BCUT2D eigenvalue weighted by molar-refractivity contribution is 7.89. The molecule has 29 heavy (non-hydrogen) atoms. The summed E-state index contributed by atoms with van der Waals surface area (Å²) in [7, 11) is -2.12. The molecule has 0 aliphatic heterocycles. The topological polar surface area (TPSA) is 111 Å². The van der Waals surface area contributed by atoms with Crippen LogP contribution < -0.4 is 14.8 Å². The lowest BCUT2D eigenvalue weighted by Crippen LogP contribution is -2.36. The molecule has 0 fully saturated rings. The Labute approximate surface area is 170 Å². The molecule has 0 unspecified atom stereocenters. The van der Waals surface area contributed by atoms with Crippen LogP contribution in [0.2, 0.25) is 0 Å². The second kappa shape index (κ2) is 10.6. The standard InChI is InChI=1S/C20H24N2O6S/c1-15(20(24)21-14-16-8-10-17(27-2)11-9-16)28-19(23)12-13-22-29(25,26)18-6-4-3-5-7-18/h3-11,15,22H,12-14H2,1-2H3,(H,21,24)/t15-/m0/s1. The molecular formula is C20H24N2O6S. The quantitative estimate of drug-likeness (QED) is 0.565. The minimum absolute atomic E-state index is 0.111. The van der Waals surface area contributed by atoms with Gasteiger partial charge in [-0.3, -0.25) is 9.59 Å². The average Bonchev–Trinajstić information content (AvgIpc) is 2.72. The van der Waals surface area contributed by atoms with E-state index in [2.05, 4.69) is 10.0 Å². The van der Waals surface area contributed by atoms with E-state index in [0.29, 0.717) is 5.75 Å². The highest BCUT2D eigenvalue weighted by atomic mass is 32.2. The van der Waals surface area contributed by atoms with Gasteiger partial charge in [0.2, 0.25) is 10.0 Å². The van der Waals surface area contributed by atoms with Gasteiger partial charge in [-0.15, -0.1) is 0 Å². The molecule has 2 rings (SSSR count). The third-order valence-corrected chi connectivity index (χ3v) is 5.45. The van der Waals surface area contributed by atoms with Gasteiger partial charge in [0.15, 0.2) is 6.10 Å². The number of carbonyl (C=O) groups excluding carboxylic acids is 2. The molecule has 1 atom stereocenters. The summed E-state index contributed by atoms with van der Waals surface area (Å²) in [5.41, 5.74) is 0.869. The highest BCUT2D eigenvalue weighted by Crippen LogP contribution is 2.11. The molecule has 2 aromatic carbocycles. The molecule has 0 spiro atoms. The van der Waals surface area contributed by atoms with Crippen LogP contribution >= 0.6 is 0 Å². The zero-order valence-corrected chi connectivity index (χ0v) is 17.1. The summed E-state index contributed by atoms with van der Waals surface area (Å²) >= 11 is 0. The summed E-state index contributed by atoms with van der Waals surface area (Å²) in [4.78, 5) is 24.1. The van der Waals surface area contributed by atoms with Crippen LogP contribution in [0.5, 0.6) is 5.75 Å². The number of methoxy groups -OCH3 is 1. The van der Waals surface area contributed by atoms with E-state index >= 15 is 0 Å². The lowest BCUT2D eigenvalue weighted by molar-refractivity contribution is -0.154. The van der Waals surface area contributed by atoms with Crippen molar-refractivity contribution in [2.24, 2.45) is 0 Å². The van der Waals surface area contributed by atoms with Crippen molar-refractivity contribution in [2.75, 3.05) is 13.7 Å². The van der Waals surface area contributed by atoms with Crippen molar-refractivity contribution in [2.45, 2.75) is 30.9 Å². The number of benzene rings is 2. The lowest BCUT2D eigenvalue weighted by Gasteiger charge is -2.14. The molecule has 0 saturated carbocycles. The van der Waals surface area contributed by atoms with Crippen LogP contribution in [-0.2, 0) is 30.9 Å². The van der Waals surface area contributed by atoms with Gasteiger partial charge in [-0.25, -0.2) is 13.1 Å². The Morgan fingerprint density at radius 2 is 1.69 bits per heavy atom. The number of hydrogen-bond donors (Lipinski definition) is 2. The van der Waals surface area contributed by atoms with E-state index in [9.17, 15) is 18.0 Å². The maximum atomic E-state index is 12.1. The predicted molar refractivity (Wildman–Crippen MR) is 107 cm³/mol. The number of amides is 1. The first-order chi connectivity index (χ1) is 13.8. The van der Waals surface area contributed by atoms with E-state index in [0.717, 1.165) is 5.56 Å². The minimum atomic E-state index is -3.69. The summed E-state index contributed by atoms with van der Waals surface area (Å²) in [6, 6.07) is 15.0. The van der Waals surface area contributed by atoms with Crippen LogP contribution in [0, 0.1) is 0 Å². The molecule has 0 aliphatic carbocycles. The molecular weight excluding hydrogens is 396 g/mol. The van der Waals surface area contributed by atoms with Gasteiger partial charge in [0, 0.05) is 13.1 Å². The van der Waals surface area contributed by atoms with Crippen LogP contribution in [0.3, 0.4) is 0 Å². The van der Waals surface area contributed by atoms with Gasteiger partial charge in [0.05, 0.1) is 18.4 Å². The molecule has 0 aliphatic rings. The van der Waals surface area contributed by atoms with Crippen molar-refractivity contribution < 1.29 is 27.5 Å². The van der Waals surface area contributed by atoms with Crippen molar-refractivity contribution in [3.8, 4) is 5.75 Å². The first-order valence-corrected chi connectivity index (χ1v) is 10.4. The number of esters is 1. The van der Waals surface area contributed by atoms with Crippen LogP contribution in [0.4, 0.5) is 0 Å². The van der Waals surface area contributed by atoms with E-state index in [-0.39, 0.29) is 24.4 Å².